The van der Waals surface area contributed by atoms with Crippen LogP contribution in [0.4, 0.5) is 0 Å². The number of Topliss-reactive ketones (excluding diaryl/α,β-unsaturated/α-hetero) is 1. The Hall–Kier alpha value is -2.13. The van der Waals surface area contributed by atoms with Crippen LogP contribution >= 0.6 is 0 Å². The second-order valence-electron chi connectivity index (χ2n) is 7.29. The first kappa shape index (κ1) is 15.4. The number of allylic oxidation sites excluding steroid dienone is 2. The van der Waals surface area contributed by atoms with Crippen LogP contribution in [0.2, 0.25) is 0 Å². The van der Waals surface area contributed by atoms with Crippen LogP contribution in [0, 0.1) is 5.41 Å². The van der Waals surface area contributed by atoms with Gasteiger partial charge in [-0.25, -0.2) is 0 Å². The van der Waals surface area contributed by atoms with Crippen molar-refractivity contribution >= 4 is 22.8 Å². The number of fused-ring (bicyclic) bond motifs is 2. The van der Waals surface area contributed by atoms with E-state index in [1.165, 1.54) is 0 Å². The van der Waals surface area contributed by atoms with Gasteiger partial charge < -0.3 is 9.52 Å². The molecule has 1 saturated carbocycles. The molecule has 1 fully saturated rings. The van der Waals surface area contributed by atoms with Gasteiger partial charge in [0.15, 0.2) is 5.78 Å². The molecule has 1 aromatic carbocycles. The smallest absolute Gasteiger partial charge is 0.184 e. The molecule has 124 valence electrons. The highest BCUT2D eigenvalue weighted by Crippen LogP contribution is 2.50. The van der Waals surface area contributed by atoms with Crippen LogP contribution in [0.1, 0.15) is 45.3 Å². The maximum atomic E-state index is 12.8. The predicted octanol–water partition coefficient (Wildman–Crippen LogP) is 4.66. The zero-order valence-electron chi connectivity index (χ0n) is 14.1. The first-order valence-corrected chi connectivity index (χ1v) is 8.61. The third kappa shape index (κ3) is 2.27. The van der Waals surface area contributed by atoms with Crippen LogP contribution in [0.3, 0.4) is 0 Å². The number of para-hydroxylation sites is 1. The van der Waals surface area contributed by atoms with E-state index >= 15 is 0 Å². The van der Waals surface area contributed by atoms with Gasteiger partial charge >= 0.3 is 0 Å². The summed E-state index contributed by atoms with van der Waals surface area (Å²) in [5, 5.41) is 11.6. The van der Waals surface area contributed by atoms with Gasteiger partial charge in [0.05, 0.1) is 6.10 Å². The molecule has 4 rings (SSSR count). The molecule has 0 aliphatic heterocycles. The summed E-state index contributed by atoms with van der Waals surface area (Å²) in [7, 11) is 0. The van der Waals surface area contributed by atoms with Crippen molar-refractivity contribution in [2.75, 3.05) is 0 Å². The molecule has 2 aliphatic rings. The van der Waals surface area contributed by atoms with Crippen molar-refractivity contribution in [1.29, 1.82) is 0 Å². The molecule has 1 heterocycles. The Morgan fingerprint density at radius 2 is 2.12 bits per heavy atom. The van der Waals surface area contributed by atoms with Crippen molar-refractivity contribution in [3.8, 4) is 0 Å². The molecule has 0 radical (unpaired) electrons. The standard InChI is InChI=1S/C21H22O3/c1-13-17-7-5-9-19(22)21(17,2)12-15(20(13)23)11-16-10-14-6-3-4-8-18(14)24-16/h3-4,6,8,10-11,19,22H,5,7,9,12H2,1-2H3/t19-,21-/m0/s1. The molecule has 24 heavy (non-hydrogen) atoms. The maximum absolute atomic E-state index is 12.8. The average Bonchev–Trinajstić information content (AvgIpc) is 2.97. The molecule has 1 N–H and O–H groups in total. The second kappa shape index (κ2) is 5.45. The molecule has 2 aromatic rings. The molecule has 2 atom stereocenters. The van der Waals surface area contributed by atoms with E-state index in [1.807, 2.05) is 43.3 Å². The number of benzene rings is 1. The first-order valence-electron chi connectivity index (χ1n) is 8.61. The highest BCUT2D eigenvalue weighted by atomic mass is 16.3. The van der Waals surface area contributed by atoms with Gasteiger partial charge in [-0.15, -0.1) is 0 Å². The van der Waals surface area contributed by atoms with Crippen LogP contribution in [-0.4, -0.2) is 17.0 Å². The number of rotatable bonds is 1. The lowest BCUT2D eigenvalue weighted by Crippen LogP contribution is -2.42. The Morgan fingerprint density at radius 1 is 1.33 bits per heavy atom. The average molecular weight is 322 g/mol. The zero-order valence-corrected chi connectivity index (χ0v) is 14.1. The molecule has 1 aromatic heterocycles. The van der Waals surface area contributed by atoms with Crippen molar-refractivity contribution in [2.24, 2.45) is 5.41 Å². The second-order valence-corrected chi connectivity index (χ2v) is 7.29. The number of carbonyl (C=O) groups is 1. The predicted molar refractivity (Wildman–Crippen MR) is 94.5 cm³/mol. The SMILES string of the molecule is CC1=C2CCC[C@H](O)[C@@]2(C)CC(=Cc2cc3ccccc3o2)C1=O. The van der Waals surface area contributed by atoms with E-state index in [2.05, 4.69) is 6.92 Å². The Balaban J connectivity index is 1.78. The quantitative estimate of drug-likeness (QED) is 0.777. The summed E-state index contributed by atoms with van der Waals surface area (Å²) in [6.07, 6.45) is 4.73. The highest BCUT2D eigenvalue weighted by Gasteiger charge is 2.45. The minimum absolute atomic E-state index is 0.0945. The van der Waals surface area contributed by atoms with Crippen LogP contribution in [-0.2, 0) is 4.79 Å². The number of aliphatic hydroxyl groups is 1. The minimum atomic E-state index is -0.386. The van der Waals surface area contributed by atoms with Crippen LogP contribution in [0.15, 0.2) is 51.5 Å². The van der Waals surface area contributed by atoms with E-state index in [9.17, 15) is 9.90 Å². The summed E-state index contributed by atoms with van der Waals surface area (Å²) in [5.41, 5.74) is 3.19. The number of hydrogen-bond donors (Lipinski definition) is 1. The third-order valence-corrected chi connectivity index (χ3v) is 5.73. The molecule has 0 unspecified atom stereocenters. The molecular formula is C21H22O3. The maximum Gasteiger partial charge on any atom is 0.184 e. The van der Waals surface area contributed by atoms with E-state index in [1.54, 1.807) is 0 Å². The first-order chi connectivity index (χ1) is 11.5. The fourth-order valence-electron chi connectivity index (χ4n) is 4.33. The summed E-state index contributed by atoms with van der Waals surface area (Å²) in [6, 6.07) is 9.80. The van der Waals surface area contributed by atoms with Gasteiger partial charge in [0.1, 0.15) is 11.3 Å². The van der Waals surface area contributed by atoms with E-state index in [0.717, 1.165) is 47.0 Å². The third-order valence-electron chi connectivity index (χ3n) is 5.73. The van der Waals surface area contributed by atoms with Gasteiger partial charge in [-0.05, 0) is 56.4 Å². The molecule has 3 heteroatoms. The van der Waals surface area contributed by atoms with E-state index in [-0.39, 0.29) is 17.3 Å². The lowest BCUT2D eigenvalue weighted by Gasteiger charge is -2.45. The molecule has 0 spiro atoms. The Kier molecular flexibility index (Phi) is 3.50. The molecule has 0 amide bonds. The van der Waals surface area contributed by atoms with Gasteiger partial charge in [0.25, 0.3) is 0 Å². The fourth-order valence-corrected chi connectivity index (χ4v) is 4.33. The normalized spacial score (nSPS) is 29.4. The zero-order chi connectivity index (χ0) is 16.9. The van der Waals surface area contributed by atoms with Crippen LogP contribution in [0.25, 0.3) is 17.0 Å². The molecule has 0 bridgehead atoms. The number of ketones is 1. The summed E-state index contributed by atoms with van der Waals surface area (Å²) < 4.78 is 5.84. The number of carbonyl (C=O) groups excluding carboxylic acids is 1. The summed E-state index contributed by atoms with van der Waals surface area (Å²) >= 11 is 0. The molecule has 2 aliphatic carbocycles. The number of hydrogen-bond acceptors (Lipinski definition) is 3. The summed E-state index contributed by atoms with van der Waals surface area (Å²) in [6.45, 7) is 3.99. The van der Waals surface area contributed by atoms with Crippen molar-refractivity contribution in [3.63, 3.8) is 0 Å². The van der Waals surface area contributed by atoms with Gasteiger partial charge in [0.2, 0.25) is 0 Å². The number of aliphatic hydroxyl groups excluding tert-OH is 1. The lowest BCUT2D eigenvalue weighted by molar-refractivity contribution is -0.113. The van der Waals surface area contributed by atoms with Crippen molar-refractivity contribution in [1.82, 2.24) is 0 Å². The van der Waals surface area contributed by atoms with Gasteiger partial charge in [0, 0.05) is 16.4 Å². The van der Waals surface area contributed by atoms with Crippen molar-refractivity contribution in [3.05, 3.63) is 52.8 Å². The van der Waals surface area contributed by atoms with E-state index < -0.39 is 0 Å². The molecule has 0 saturated heterocycles. The van der Waals surface area contributed by atoms with Gasteiger partial charge in [-0.2, -0.15) is 0 Å². The van der Waals surface area contributed by atoms with Crippen molar-refractivity contribution in [2.45, 2.75) is 45.6 Å². The largest absolute Gasteiger partial charge is 0.457 e. The van der Waals surface area contributed by atoms with E-state index in [0.29, 0.717) is 12.2 Å². The number of furan rings is 1. The van der Waals surface area contributed by atoms with E-state index in [4.69, 9.17) is 4.42 Å². The van der Waals surface area contributed by atoms with Crippen LogP contribution < -0.4 is 0 Å². The summed E-state index contributed by atoms with van der Waals surface area (Å²) in [4.78, 5) is 12.8. The van der Waals surface area contributed by atoms with Gasteiger partial charge in [-0.1, -0.05) is 30.7 Å². The fraction of sp³-hybridized carbons (Fsp3) is 0.381. The molecule has 3 nitrogen and oxygen atoms in total. The minimum Gasteiger partial charge on any atom is -0.457 e. The topological polar surface area (TPSA) is 50.4 Å². The lowest BCUT2D eigenvalue weighted by atomic mass is 9.61. The summed E-state index contributed by atoms with van der Waals surface area (Å²) in [5.74, 6) is 0.793. The van der Waals surface area contributed by atoms with Crippen molar-refractivity contribution < 1.29 is 14.3 Å². The van der Waals surface area contributed by atoms with Crippen LogP contribution in [0.5, 0.6) is 0 Å². The molecular weight excluding hydrogens is 300 g/mol. The Labute approximate surface area is 141 Å². The monoisotopic (exact) mass is 322 g/mol. The highest BCUT2D eigenvalue weighted by molar-refractivity contribution is 6.12. The Morgan fingerprint density at radius 3 is 2.92 bits per heavy atom. The Bertz CT molecular complexity index is 850. The van der Waals surface area contributed by atoms with Gasteiger partial charge in [-0.3, -0.25) is 4.79 Å².